The van der Waals surface area contributed by atoms with E-state index < -0.39 is 0 Å². The number of hydrogen-bond acceptors (Lipinski definition) is 4. The highest BCUT2D eigenvalue weighted by Crippen LogP contribution is 2.29. The summed E-state index contributed by atoms with van der Waals surface area (Å²) >= 11 is 5.49. The van der Waals surface area contributed by atoms with Gasteiger partial charge in [0, 0.05) is 23.9 Å². The summed E-state index contributed by atoms with van der Waals surface area (Å²) in [5.41, 5.74) is 4.44. The van der Waals surface area contributed by atoms with Crippen molar-refractivity contribution >= 4 is 40.1 Å². The van der Waals surface area contributed by atoms with Crippen LogP contribution in [0.2, 0.25) is 0 Å². The number of aryl methyl sites for hydroxylation is 1. The maximum absolute atomic E-state index is 13.1. The zero-order chi connectivity index (χ0) is 23.7. The predicted octanol–water partition coefficient (Wildman–Crippen LogP) is 4.91. The quantitative estimate of drug-likeness (QED) is 0.261. The summed E-state index contributed by atoms with van der Waals surface area (Å²) < 4.78 is 7.25. The zero-order valence-corrected chi connectivity index (χ0v) is 20.0. The number of aromatic nitrogens is 3. The van der Waals surface area contributed by atoms with E-state index >= 15 is 0 Å². The van der Waals surface area contributed by atoms with E-state index in [-0.39, 0.29) is 17.5 Å². The molecule has 1 amide bonds. The second kappa shape index (κ2) is 9.46. The van der Waals surface area contributed by atoms with Crippen molar-refractivity contribution in [3.8, 4) is 5.75 Å². The van der Waals surface area contributed by atoms with Crippen LogP contribution in [0.3, 0.4) is 0 Å². The SMILES string of the molecule is COc1ccc2[nH]c3c(=O)n(CCCCC(=O)N[C@H]4CCCc5ccccc54)c(=S)[nH]c3c2c1. The van der Waals surface area contributed by atoms with E-state index in [1.165, 1.54) is 11.1 Å². The highest BCUT2D eigenvalue weighted by atomic mass is 32.1. The molecule has 0 spiro atoms. The Morgan fingerprint density at radius 3 is 2.88 bits per heavy atom. The molecule has 1 aliphatic carbocycles. The first-order valence-corrected chi connectivity index (χ1v) is 12.2. The fraction of sp³-hybridized carbons (Fsp3) is 0.346. The minimum Gasteiger partial charge on any atom is -0.497 e. The van der Waals surface area contributed by atoms with Gasteiger partial charge in [0.15, 0.2) is 4.77 Å². The van der Waals surface area contributed by atoms with E-state index in [0.717, 1.165) is 30.2 Å². The van der Waals surface area contributed by atoms with Crippen molar-refractivity contribution in [3.63, 3.8) is 0 Å². The summed E-state index contributed by atoms with van der Waals surface area (Å²) in [5, 5.41) is 4.06. The molecule has 2 heterocycles. The van der Waals surface area contributed by atoms with Crippen LogP contribution in [0.4, 0.5) is 0 Å². The van der Waals surface area contributed by atoms with Crippen LogP contribution in [0.15, 0.2) is 47.3 Å². The number of ether oxygens (including phenoxy) is 1. The maximum Gasteiger partial charge on any atom is 0.278 e. The lowest BCUT2D eigenvalue weighted by molar-refractivity contribution is -0.122. The van der Waals surface area contributed by atoms with Gasteiger partial charge in [-0.3, -0.25) is 14.2 Å². The second-order valence-corrected chi connectivity index (χ2v) is 9.23. The average Bonchev–Trinajstić information content (AvgIpc) is 3.21. The molecule has 1 atom stereocenters. The molecule has 0 radical (unpaired) electrons. The normalized spacial score (nSPS) is 15.4. The number of unbranched alkanes of at least 4 members (excludes halogenated alkanes) is 1. The van der Waals surface area contributed by atoms with Gasteiger partial charge in [0.2, 0.25) is 5.91 Å². The number of carbonyl (C=O) groups is 1. The lowest BCUT2D eigenvalue weighted by atomic mass is 9.87. The highest BCUT2D eigenvalue weighted by molar-refractivity contribution is 7.71. The summed E-state index contributed by atoms with van der Waals surface area (Å²) in [6.07, 6.45) is 4.94. The number of benzene rings is 2. The maximum atomic E-state index is 13.1. The Labute approximate surface area is 202 Å². The van der Waals surface area contributed by atoms with Crippen LogP contribution in [0.5, 0.6) is 5.75 Å². The highest BCUT2D eigenvalue weighted by Gasteiger charge is 2.21. The van der Waals surface area contributed by atoms with E-state index in [2.05, 4.69) is 33.5 Å². The van der Waals surface area contributed by atoms with Crippen molar-refractivity contribution in [1.29, 1.82) is 0 Å². The van der Waals surface area contributed by atoms with Crippen molar-refractivity contribution in [3.05, 3.63) is 68.7 Å². The number of amides is 1. The molecule has 0 bridgehead atoms. The number of nitrogens with one attached hydrogen (secondary N) is 3. The molecule has 0 aliphatic heterocycles. The van der Waals surface area contributed by atoms with Gasteiger partial charge in [-0.1, -0.05) is 24.3 Å². The Kier molecular flexibility index (Phi) is 6.24. The van der Waals surface area contributed by atoms with Crippen molar-refractivity contribution in [2.45, 2.75) is 51.1 Å². The molecule has 8 heteroatoms. The Morgan fingerprint density at radius 2 is 2.03 bits per heavy atom. The molecule has 0 saturated carbocycles. The Hall–Kier alpha value is -3.39. The van der Waals surface area contributed by atoms with Crippen molar-refractivity contribution < 1.29 is 9.53 Å². The Balaban J connectivity index is 1.23. The molecule has 7 nitrogen and oxygen atoms in total. The Bertz CT molecular complexity index is 1480. The molecule has 0 saturated heterocycles. The number of aromatic amines is 2. The zero-order valence-electron chi connectivity index (χ0n) is 19.1. The van der Waals surface area contributed by atoms with E-state index in [0.29, 0.717) is 47.4 Å². The van der Waals surface area contributed by atoms with Gasteiger partial charge in [-0.2, -0.15) is 0 Å². The van der Waals surface area contributed by atoms with Gasteiger partial charge in [0.1, 0.15) is 11.3 Å². The minimum atomic E-state index is -0.155. The lowest BCUT2D eigenvalue weighted by Crippen LogP contribution is -2.30. The molecule has 1 aliphatic rings. The summed E-state index contributed by atoms with van der Waals surface area (Å²) in [5.74, 6) is 0.770. The van der Waals surface area contributed by atoms with Crippen LogP contribution in [-0.4, -0.2) is 27.6 Å². The first kappa shape index (κ1) is 22.4. The van der Waals surface area contributed by atoms with Crippen LogP contribution in [0, 0.1) is 4.77 Å². The fourth-order valence-electron chi connectivity index (χ4n) is 4.92. The molecule has 176 valence electrons. The molecule has 2 aromatic heterocycles. The van der Waals surface area contributed by atoms with Crippen LogP contribution < -0.4 is 15.6 Å². The van der Waals surface area contributed by atoms with Gasteiger partial charge >= 0.3 is 0 Å². The smallest absolute Gasteiger partial charge is 0.278 e. The molecular formula is C26H28N4O3S. The van der Waals surface area contributed by atoms with Gasteiger partial charge in [0.25, 0.3) is 5.56 Å². The van der Waals surface area contributed by atoms with Crippen LogP contribution in [-0.2, 0) is 17.8 Å². The van der Waals surface area contributed by atoms with Crippen molar-refractivity contribution in [2.24, 2.45) is 0 Å². The summed E-state index contributed by atoms with van der Waals surface area (Å²) in [6.45, 7) is 0.461. The molecule has 0 unspecified atom stereocenters. The molecule has 0 fully saturated rings. The Morgan fingerprint density at radius 1 is 1.18 bits per heavy atom. The number of rotatable bonds is 7. The number of carbonyl (C=O) groups excluding carboxylic acids is 1. The average molecular weight is 477 g/mol. The van der Waals surface area contributed by atoms with Gasteiger partial charge in [-0.25, -0.2) is 0 Å². The summed E-state index contributed by atoms with van der Waals surface area (Å²) in [7, 11) is 1.61. The largest absolute Gasteiger partial charge is 0.497 e. The standard InChI is InChI=1S/C26H28N4O3S/c1-33-17-12-13-21-19(15-17)23-24(28-21)25(32)30(26(34)29-23)14-5-4-11-22(31)27-20-10-6-8-16-7-2-3-9-18(16)20/h2-3,7,9,12-13,15,20,28H,4-6,8,10-11,14H2,1H3,(H,27,31)(H,29,34)/t20-/m0/s1. The lowest BCUT2D eigenvalue weighted by Gasteiger charge is -2.26. The van der Waals surface area contributed by atoms with Crippen LogP contribution >= 0.6 is 12.2 Å². The van der Waals surface area contributed by atoms with Crippen LogP contribution in [0.1, 0.15) is 49.3 Å². The van der Waals surface area contributed by atoms with Crippen LogP contribution in [0.25, 0.3) is 21.9 Å². The topological polar surface area (TPSA) is 91.9 Å². The van der Waals surface area contributed by atoms with E-state index in [9.17, 15) is 9.59 Å². The molecule has 2 aromatic carbocycles. The first-order valence-electron chi connectivity index (χ1n) is 11.7. The summed E-state index contributed by atoms with van der Waals surface area (Å²) in [4.78, 5) is 32.1. The molecule has 4 aromatic rings. The molecule has 3 N–H and O–H groups in total. The number of hydrogen-bond donors (Lipinski definition) is 3. The predicted molar refractivity (Wildman–Crippen MR) is 136 cm³/mol. The number of fused-ring (bicyclic) bond motifs is 4. The van der Waals surface area contributed by atoms with Crippen molar-refractivity contribution in [1.82, 2.24) is 19.9 Å². The third-order valence-corrected chi connectivity index (χ3v) is 7.00. The van der Waals surface area contributed by atoms with Gasteiger partial charge in [0.05, 0.1) is 18.7 Å². The van der Waals surface area contributed by atoms with Gasteiger partial charge in [-0.15, -0.1) is 0 Å². The molecule has 5 rings (SSSR count). The second-order valence-electron chi connectivity index (χ2n) is 8.84. The summed E-state index contributed by atoms with van der Waals surface area (Å²) in [6, 6.07) is 14.1. The minimum absolute atomic E-state index is 0.0548. The van der Waals surface area contributed by atoms with Gasteiger partial charge < -0.3 is 20.0 Å². The van der Waals surface area contributed by atoms with E-state index in [1.807, 2.05) is 24.3 Å². The fourth-order valence-corrected chi connectivity index (χ4v) is 5.20. The number of H-pyrrole nitrogens is 2. The number of nitrogens with zero attached hydrogens (tertiary/aromatic N) is 1. The third-order valence-electron chi connectivity index (χ3n) is 6.68. The number of methoxy groups -OCH3 is 1. The first-order chi connectivity index (χ1) is 16.5. The molecule has 34 heavy (non-hydrogen) atoms. The monoisotopic (exact) mass is 476 g/mol. The molecular weight excluding hydrogens is 448 g/mol. The van der Waals surface area contributed by atoms with Crippen molar-refractivity contribution in [2.75, 3.05) is 7.11 Å². The van der Waals surface area contributed by atoms with E-state index in [4.69, 9.17) is 17.0 Å². The van der Waals surface area contributed by atoms with E-state index in [1.54, 1.807) is 11.7 Å². The third kappa shape index (κ3) is 4.25. The van der Waals surface area contributed by atoms with Gasteiger partial charge in [-0.05, 0) is 73.6 Å².